The molecule has 0 aliphatic carbocycles. The topological polar surface area (TPSA) is 137 Å². The second-order valence-electron chi connectivity index (χ2n) is 9.25. The van der Waals surface area contributed by atoms with Gasteiger partial charge in [-0.2, -0.15) is 14.9 Å². The van der Waals surface area contributed by atoms with Gasteiger partial charge in [-0.05, 0) is 82.6 Å². The van der Waals surface area contributed by atoms with E-state index in [9.17, 15) is 14.0 Å². The van der Waals surface area contributed by atoms with Crippen LogP contribution in [0.1, 0.15) is 22.9 Å². The zero-order valence-electron chi connectivity index (χ0n) is 22.7. The Bertz CT molecular complexity index is 1760. The number of amides is 2. The minimum absolute atomic E-state index is 0.254. The number of hydrogen-bond donors (Lipinski definition) is 2. The Morgan fingerprint density at radius 3 is 2.63 bits per heavy atom. The maximum Gasteiger partial charge on any atom is 0.411 e. The number of benzene rings is 3. The van der Waals surface area contributed by atoms with Crippen molar-refractivity contribution in [2.45, 2.75) is 12.5 Å². The van der Waals surface area contributed by atoms with Crippen LogP contribution in [0.15, 0.2) is 91.4 Å². The Labute approximate surface area is 250 Å². The van der Waals surface area contributed by atoms with Gasteiger partial charge in [-0.15, -0.1) is 5.10 Å². The van der Waals surface area contributed by atoms with Gasteiger partial charge in [-0.3, -0.25) is 10.1 Å². The highest BCUT2D eigenvalue weighted by atomic mass is 35.5. The van der Waals surface area contributed by atoms with Crippen molar-refractivity contribution in [1.82, 2.24) is 35.7 Å². The summed E-state index contributed by atoms with van der Waals surface area (Å²) >= 11 is 6.20. The van der Waals surface area contributed by atoms with Crippen LogP contribution in [0.4, 0.5) is 14.9 Å². The number of nitrogens with one attached hydrogen (secondary N) is 2. The summed E-state index contributed by atoms with van der Waals surface area (Å²) in [4.78, 5) is 24.7. The molecule has 0 unspecified atom stereocenters. The molecule has 13 heteroatoms. The molecule has 0 aliphatic rings. The van der Waals surface area contributed by atoms with Crippen LogP contribution in [0, 0.1) is 5.82 Å². The number of rotatable bonds is 9. The average molecular weight is 599 g/mol. The summed E-state index contributed by atoms with van der Waals surface area (Å²) in [5, 5.41) is 25.7. The van der Waals surface area contributed by atoms with E-state index < -0.39 is 18.0 Å². The van der Waals surface area contributed by atoms with E-state index in [2.05, 4.69) is 41.1 Å². The van der Waals surface area contributed by atoms with Crippen LogP contribution >= 0.6 is 11.6 Å². The van der Waals surface area contributed by atoms with Gasteiger partial charge in [0.25, 0.3) is 0 Å². The molecule has 0 saturated carbocycles. The molecule has 43 heavy (non-hydrogen) atoms. The van der Waals surface area contributed by atoms with Gasteiger partial charge in [0.2, 0.25) is 5.91 Å². The molecule has 0 saturated heterocycles. The van der Waals surface area contributed by atoms with Crippen LogP contribution in [-0.4, -0.2) is 49.5 Å². The lowest BCUT2D eigenvalue weighted by Gasteiger charge is -2.18. The summed E-state index contributed by atoms with van der Waals surface area (Å²) in [6, 6.07) is 19.5. The van der Waals surface area contributed by atoms with Gasteiger partial charge in [0.05, 0.1) is 30.7 Å². The third kappa shape index (κ3) is 7.63. The van der Waals surface area contributed by atoms with Crippen LogP contribution in [-0.2, 0) is 16.0 Å². The number of ether oxygens (including phenoxy) is 1. The number of aromatic nitrogens is 6. The molecule has 3 aromatic carbocycles. The Morgan fingerprint density at radius 2 is 1.88 bits per heavy atom. The van der Waals surface area contributed by atoms with Crippen molar-refractivity contribution < 1.29 is 18.7 Å². The summed E-state index contributed by atoms with van der Waals surface area (Å²) < 4.78 is 20.1. The van der Waals surface area contributed by atoms with E-state index in [4.69, 9.17) is 11.6 Å². The van der Waals surface area contributed by atoms with E-state index in [0.717, 1.165) is 11.1 Å². The number of methoxy groups -OCH3 is 1. The molecule has 216 valence electrons. The van der Waals surface area contributed by atoms with Gasteiger partial charge in [-0.1, -0.05) is 35.9 Å². The second kappa shape index (κ2) is 13.4. The van der Waals surface area contributed by atoms with Gasteiger partial charge in [0, 0.05) is 27.9 Å². The van der Waals surface area contributed by atoms with Crippen LogP contribution in [0.2, 0.25) is 5.02 Å². The molecule has 2 amide bonds. The molecule has 0 bridgehead atoms. The number of anilines is 1. The first-order chi connectivity index (χ1) is 20.9. The third-order valence-electron chi connectivity index (χ3n) is 6.33. The zero-order valence-corrected chi connectivity index (χ0v) is 23.4. The predicted octanol–water partition coefficient (Wildman–Crippen LogP) is 5.20. The highest BCUT2D eigenvalue weighted by molar-refractivity contribution is 6.30. The number of hydrogen-bond acceptors (Lipinski definition) is 8. The molecule has 1 atom stereocenters. The summed E-state index contributed by atoms with van der Waals surface area (Å²) in [5.74, 6) is -0.812. The van der Waals surface area contributed by atoms with E-state index >= 15 is 0 Å². The SMILES string of the molecule is COC(=O)Nc1ccc(-c2cnnc([C@H](Cc3cccc(F)c3)NC(=O)C=Cc3cc(Cl)ccc3-n3cnnn3)c2)cc1. The fraction of sp³-hybridized carbons (Fsp3) is 0.100. The Kier molecular flexibility index (Phi) is 9.08. The van der Waals surface area contributed by atoms with Gasteiger partial charge >= 0.3 is 6.09 Å². The van der Waals surface area contributed by atoms with Crippen LogP contribution in [0.3, 0.4) is 0 Å². The van der Waals surface area contributed by atoms with Crippen molar-refractivity contribution in [2.75, 3.05) is 12.4 Å². The summed E-state index contributed by atoms with van der Waals surface area (Å²) in [7, 11) is 1.29. The monoisotopic (exact) mass is 598 g/mol. The van der Waals surface area contributed by atoms with Crippen molar-refractivity contribution in [3.8, 4) is 16.8 Å². The lowest BCUT2D eigenvalue weighted by Crippen LogP contribution is -2.29. The predicted molar refractivity (Wildman–Crippen MR) is 158 cm³/mol. The average Bonchev–Trinajstić information content (AvgIpc) is 3.55. The van der Waals surface area contributed by atoms with E-state index in [1.165, 1.54) is 36.3 Å². The molecule has 5 aromatic rings. The molecule has 2 aromatic heterocycles. The van der Waals surface area contributed by atoms with E-state index in [1.807, 2.05) is 12.1 Å². The Morgan fingerprint density at radius 1 is 1.05 bits per heavy atom. The second-order valence-corrected chi connectivity index (χ2v) is 9.69. The highest BCUT2D eigenvalue weighted by Gasteiger charge is 2.18. The molecule has 11 nitrogen and oxygen atoms in total. The van der Waals surface area contributed by atoms with Crippen molar-refractivity contribution in [3.63, 3.8) is 0 Å². The van der Waals surface area contributed by atoms with Crippen molar-refractivity contribution in [2.24, 2.45) is 0 Å². The Balaban J connectivity index is 1.41. The smallest absolute Gasteiger partial charge is 0.411 e. The quantitative estimate of drug-likeness (QED) is 0.221. The molecule has 2 heterocycles. The van der Waals surface area contributed by atoms with Gasteiger partial charge in [0.15, 0.2) is 0 Å². The van der Waals surface area contributed by atoms with E-state index in [0.29, 0.717) is 33.2 Å². The fourth-order valence-corrected chi connectivity index (χ4v) is 4.46. The standard InChI is InChI=1S/C30H24ClFN8O3/c1-43-30(42)35-25-9-5-20(6-10-25)22-16-27(37-33-17-22)26(14-19-3-2-4-24(32)13-19)36-29(41)12-7-21-15-23(31)8-11-28(21)40-18-34-38-39-40/h2-13,15-18,26H,14H2,1H3,(H,35,42)(H,36,41)/t26-/m0/s1. The minimum atomic E-state index is -0.648. The normalized spacial score (nSPS) is 11.7. The Hall–Kier alpha value is -5.49. The molecule has 0 fully saturated rings. The largest absolute Gasteiger partial charge is 0.453 e. The first-order valence-corrected chi connectivity index (χ1v) is 13.3. The number of tetrazole rings is 1. The lowest BCUT2D eigenvalue weighted by molar-refractivity contribution is -0.117. The fourth-order valence-electron chi connectivity index (χ4n) is 4.28. The van der Waals surface area contributed by atoms with Crippen LogP contribution in [0.5, 0.6) is 0 Å². The van der Waals surface area contributed by atoms with Crippen molar-refractivity contribution in [3.05, 3.63) is 119 Å². The summed E-state index contributed by atoms with van der Waals surface area (Å²) in [5.41, 5.74) is 4.47. The highest BCUT2D eigenvalue weighted by Crippen LogP contribution is 2.25. The third-order valence-corrected chi connectivity index (χ3v) is 6.56. The van der Waals surface area contributed by atoms with Gasteiger partial charge in [0.1, 0.15) is 12.1 Å². The molecule has 0 spiro atoms. The summed E-state index contributed by atoms with van der Waals surface area (Å²) in [6.07, 6.45) is 5.67. The first-order valence-electron chi connectivity index (χ1n) is 12.9. The maximum absolute atomic E-state index is 14.0. The van der Waals surface area contributed by atoms with Crippen LogP contribution in [0.25, 0.3) is 22.9 Å². The minimum Gasteiger partial charge on any atom is -0.453 e. The number of halogens is 2. The molecule has 0 radical (unpaired) electrons. The van der Waals surface area contributed by atoms with Crippen LogP contribution < -0.4 is 10.6 Å². The van der Waals surface area contributed by atoms with E-state index in [-0.39, 0.29) is 12.2 Å². The lowest BCUT2D eigenvalue weighted by atomic mass is 10.00. The van der Waals surface area contributed by atoms with Gasteiger partial charge in [-0.25, -0.2) is 9.18 Å². The maximum atomic E-state index is 14.0. The number of carbonyl (C=O) groups excluding carboxylic acids is 2. The van der Waals surface area contributed by atoms with Crippen molar-refractivity contribution in [1.29, 1.82) is 0 Å². The van der Waals surface area contributed by atoms with E-state index in [1.54, 1.807) is 60.8 Å². The zero-order chi connectivity index (χ0) is 30.2. The molecule has 5 rings (SSSR count). The first kappa shape index (κ1) is 29.0. The molecular formula is C30H24ClFN8O3. The summed E-state index contributed by atoms with van der Waals surface area (Å²) in [6.45, 7) is 0. The molecular weight excluding hydrogens is 575 g/mol. The molecule has 2 N–H and O–H groups in total. The van der Waals surface area contributed by atoms with Crippen molar-refractivity contribution >= 4 is 35.4 Å². The number of carbonyl (C=O) groups is 2. The molecule has 0 aliphatic heterocycles. The van der Waals surface area contributed by atoms with Gasteiger partial charge < -0.3 is 10.1 Å². The number of nitrogens with zero attached hydrogens (tertiary/aromatic N) is 6.